The van der Waals surface area contributed by atoms with E-state index >= 15 is 0 Å². The molecule has 0 atom stereocenters. The highest BCUT2D eigenvalue weighted by Gasteiger charge is 2.30. The topological polar surface area (TPSA) is 99.0 Å². The summed E-state index contributed by atoms with van der Waals surface area (Å²) >= 11 is 0. The zero-order valence-corrected chi connectivity index (χ0v) is 11.8. The maximum atomic E-state index is 12.2. The second-order valence-electron chi connectivity index (χ2n) is 4.85. The molecule has 9 nitrogen and oxygen atoms in total. The molecule has 3 aromatic heterocycles. The highest BCUT2D eigenvalue weighted by atomic mass is 16.3. The first-order valence-electron chi connectivity index (χ1n) is 6.57. The lowest BCUT2D eigenvalue weighted by Gasteiger charge is -2.20. The number of hydrazine groups is 1. The number of anilines is 1. The van der Waals surface area contributed by atoms with Gasteiger partial charge in [0.1, 0.15) is 18.1 Å². The number of aryl methyl sites for hydroxylation is 1. The minimum atomic E-state index is -0.256. The number of rotatable bonds is 2. The van der Waals surface area contributed by atoms with Crippen molar-refractivity contribution < 1.29 is 4.42 Å². The van der Waals surface area contributed by atoms with Gasteiger partial charge >= 0.3 is 5.69 Å². The number of nitrogens with zero attached hydrogens (tertiary/aromatic N) is 6. The second kappa shape index (κ2) is 4.21. The third kappa shape index (κ3) is 1.42. The molecular weight excluding hydrogens is 286 g/mol. The first-order chi connectivity index (χ1) is 10.6. The molecule has 112 valence electrons. The standard InChI is InChI=1S/C13H13N7O2/c1-3-18-12-16-11-10(20(12)17(2)13(18)21)9(15-7-19(11)14)8-5-4-6-22-8/h3-6H,1,7,14H2,2H3. The van der Waals surface area contributed by atoms with Crippen molar-refractivity contribution in [1.29, 1.82) is 0 Å². The molecule has 0 aromatic carbocycles. The van der Waals surface area contributed by atoms with Crippen molar-refractivity contribution in [1.82, 2.24) is 18.7 Å². The molecule has 0 saturated heterocycles. The summed E-state index contributed by atoms with van der Waals surface area (Å²) in [6, 6.07) is 3.58. The Labute approximate surface area is 124 Å². The third-order valence-corrected chi connectivity index (χ3v) is 3.63. The number of imidazole rings is 1. The van der Waals surface area contributed by atoms with E-state index in [1.54, 1.807) is 30.0 Å². The molecule has 22 heavy (non-hydrogen) atoms. The number of furan rings is 1. The Balaban J connectivity index is 2.12. The first kappa shape index (κ1) is 12.7. The summed E-state index contributed by atoms with van der Waals surface area (Å²) in [5, 5.41) is 1.42. The normalized spacial score (nSPS) is 14.3. The quantitative estimate of drug-likeness (QED) is 0.672. The molecule has 2 N–H and O–H groups in total. The average molecular weight is 299 g/mol. The molecule has 0 unspecified atom stereocenters. The van der Waals surface area contributed by atoms with Crippen LogP contribution >= 0.6 is 0 Å². The highest BCUT2D eigenvalue weighted by molar-refractivity contribution is 6.14. The Morgan fingerprint density at radius 2 is 2.32 bits per heavy atom. The van der Waals surface area contributed by atoms with Gasteiger partial charge in [0.2, 0.25) is 5.78 Å². The summed E-state index contributed by atoms with van der Waals surface area (Å²) in [5.74, 6) is 7.51. The fourth-order valence-corrected chi connectivity index (χ4v) is 2.62. The summed E-state index contributed by atoms with van der Waals surface area (Å²) < 4.78 is 9.88. The van der Waals surface area contributed by atoms with E-state index in [4.69, 9.17) is 10.3 Å². The van der Waals surface area contributed by atoms with Crippen molar-refractivity contribution in [3.05, 3.63) is 46.9 Å². The van der Waals surface area contributed by atoms with Gasteiger partial charge in [-0.05, 0) is 12.1 Å². The van der Waals surface area contributed by atoms with E-state index in [1.165, 1.54) is 20.5 Å². The van der Waals surface area contributed by atoms with E-state index in [0.29, 0.717) is 28.8 Å². The van der Waals surface area contributed by atoms with Crippen LogP contribution < -0.4 is 16.5 Å². The van der Waals surface area contributed by atoms with E-state index in [0.717, 1.165) is 0 Å². The fraction of sp³-hybridized carbons (Fsp3) is 0.154. The van der Waals surface area contributed by atoms with Gasteiger partial charge in [-0.15, -0.1) is 0 Å². The molecule has 0 spiro atoms. The largest absolute Gasteiger partial charge is 0.463 e. The van der Waals surface area contributed by atoms with Crippen molar-refractivity contribution in [2.24, 2.45) is 17.9 Å². The Kier molecular flexibility index (Phi) is 2.42. The molecule has 0 aliphatic carbocycles. The zero-order valence-electron chi connectivity index (χ0n) is 11.8. The van der Waals surface area contributed by atoms with Crippen LogP contribution in [0.5, 0.6) is 0 Å². The summed E-state index contributed by atoms with van der Waals surface area (Å²) in [4.78, 5) is 21.1. The SMILES string of the molecule is C=Cn1c(=O)n(C)n2c3c(nc12)N(N)CN=C3c1ccco1. The molecule has 0 saturated carbocycles. The summed E-state index contributed by atoms with van der Waals surface area (Å²) in [7, 11) is 1.65. The fourth-order valence-electron chi connectivity index (χ4n) is 2.62. The molecule has 0 radical (unpaired) electrons. The Hall–Kier alpha value is -3.07. The van der Waals surface area contributed by atoms with E-state index < -0.39 is 0 Å². The van der Waals surface area contributed by atoms with Gasteiger partial charge in [0, 0.05) is 13.2 Å². The van der Waals surface area contributed by atoms with Gasteiger partial charge < -0.3 is 4.42 Å². The van der Waals surface area contributed by atoms with E-state index in [-0.39, 0.29) is 12.4 Å². The van der Waals surface area contributed by atoms with Crippen LogP contribution in [0.15, 0.2) is 39.2 Å². The van der Waals surface area contributed by atoms with Crippen LogP contribution in [0, 0.1) is 0 Å². The van der Waals surface area contributed by atoms with Crippen LogP contribution in [0.2, 0.25) is 0 Å². The van der Waals surface area contributed by atoms with Crippen LogP contribution in [0.4, 0.5) is 5.82 Å². The number of nitrogens with two attached hydrogens (primary N) is 1. The predicted octanol–water partition coefficient (Wildman–Crippen LogP) is 0.0166. The monoisotopic (exact) mass is 299 g/mol. The number of aromatic nitrogens is 4. The average Bonchev–Trinajstić information content (AvgIpc) is 3.19. The summed E-state index contributed by atoms with van der Waals surface area (Å²) in [5.41, 5.74) is 0.957. The van der Waals surface area contributed by atoms with Gasteiger partial charge in [0.05, 0.1) is 6.26 Å². The molecule has 0 fully saturated rings. The molecule has 0 bridgehead atoms. The van der Waals surface area contributed by atoms with Gasteiger partial charge in [-0.25, -0.2) is 24.4 Å². The molecule has 1 aliphatic rings. The van der Waals surface area contributed by atoms with Gasteiger partial charge in [-0.3, -0.25) is 10.0 Å². The zero-order chi connectivity index (χ0) is 15.4. The molecular formula is C13H13N7O2. The lowest BCUT2D eigenvalue weighted by atomic mass is 10.2. The predicted molar refractivity (Wildman–Crippen MR) is 80.7 cm³/mol. The maximum absolute atomic E-state index is 12.2. The lowest BCUT2D eigenvalue weighted by molar-refractivity contribution is 0.555. The summed E-state index contributed by atoms with van der Waals surface area (Å²) in [6.07, 6.45) is 2.99. The second-order valence-corrected chi connectivity index (χ2v) is 4.85. The number of hydrogen-bond acceptors (Lipinski definition) is 6. The molecule has 3 aromatic rings. The van der Waals surface area contributed by atoms with Crippen LogP contribution in [0.1, 0.15) is 11.5 Å². The lowest BCUT2D eigenvalue weighted by Crippen LogP contribution is -2.37. The first-order valence-corrected chi connectivity index (χ1v) is 6.57. The van der Waals surface area contributed by atoms with Crippen LogP contribution in [0.3, 0.4) is 0 Å². The van der Waals surface area contributed by atoms with Gasteiger partial charge in [-0.2, -0.15) is 4.98 Å². The number of hydrogen-bond donors (Lipinski definition) is 1. The van der Waals surface area contributed by atoms with Gasteiger partial charge in [-0.1, -0.05) is 6.58 Å². The van der Waals surface area contributed by atoms with E-state index in [2.05, 4.69) is 16.6 Å². The Bertz CT molecular complexity index is 971. The minimum absolute atomic E-state index is 0.255. The third-order valence-electron chi connectivity index (χ3n) is 3.63. The maximum Gasteiger partial charge on any atom is 0.349 e. The van der Waals surface area contributed by atoms with Gasteiger partial charge in [0.25, 0.3) is 0 Å². The van der Waals surface area contributed by atoms with Crippen molar-refractivity contribution in [3.63, 3.8) is 0 Å². The van der Waals surface area contributed by atoms with Crippen molar-refractivity contribution in [2.45, 2.75) is 0 Å². The highest BCUT2D eigenvalue weighted by Crippen LogP contribution is 2.26. The number of fused-ring (bicyclic) bond motifs is 3. The van der Waals surface area contributed by atoms with Crippen molar-refractivity contribution in [3.8, 4) is 0 Å². The number of aliphatic imine (C=N–C) groups is 1. The Morgan fingerprint density at radius 1 is 1.50 bits per heavy atom. The molecule has 1 aliphatic heterocycles. The minimum Gasteiger partial charge on any atom is -0.463 e. The van der Waals surface area contributed by atoms with Crippen LogP contribution in [-0.4, -0.2) is 31.1 Å². The Morgan fingerprint density at radius 3 is 3.00 bits per heavy atom. The molecule has 4 heterocycles. The smallest absolute Gasteiger partial charge is 0.349 e. The molecule has 9 heteroatoms. The van der Waals surface area contributed by atoms with E-state index in [9.17, 15) is 4.79 Å². The van der Waals surface area contributed by atoms with Crippen LogP contribution in [0.25, 0.3) is 12.0 Å². The van der Waals surface area contributed by atoms with Crippen molar-refractivity contribution in [2.75, 3.05) is 11.7 Å². The molecule has 0 amide bonds. The van der Waals surface area contributed by atoms with Crippen LogP contribution in [-0.2, 0) is 7.05 Å². The van der Waals surface area contributed by atoms with E-state index in [1.807, 2.05) is 0 Å². The summed E-state index contributed by atoms with van der Waals surface area (Å²) in [6.45, 7) is 3.91. The van der Waals surface area contributed by atoms with Crippen molar-refractivity contribution >= 4 is 23.5 Å². The molecule has 4 rings (SSSR count). The van der Waals surface area contributed by atoms with Gasteiger partial charge in [0.15, 0.2) is 11.6 Å².